The third-order valence-electron chi connectivity index (χ3n) is 2.20. The van der Waals surface area contributed by atoms with E-state index in [0.29, 0.717) is 5.75 Å². The van der Waals surface area contributed by atoms with E-state index in [-0.39, 0.29) is 11.4 Å². The van der Waals surface area contributed by atoms with Gasteiger partial charge in [-0.1, -0.05) is 30.3 Å². The highest BCUT2D eigenvalue weighted by Gasteiger charge is 2.18. The normalized spacial score (nSPS) is 9.68. The zero-order valence-corrected chi connectivity index (χ0v) is 9.68. The summed E-state index contributed by atoms with van der Waals surface area (Å²) in [6.07, 6.45) is -1.03. The predicted octanol–water partition coefficient (Wildman–Crippen LogP) is 3.17. The molecule has 6 nitrogen and oxygen atoms in total. The van der Waals surface area contributed by atoms with Gasteiger partial charge in [0.25, 0.3) is 0 Å². The summed E-state index contributed by atoms with van der Waals surface area (Å²) < 4.78 is 9.68. The van der Waals surface area contributed by atoms with Crippen molar-refractivity contribution in [3.63, 3.8) is 0 Å². The van der Waals surface area contributed by atoms with Crippen LogP contribution < -0.4 is 9.47 Å². The van der Waals surface area contributed by atoms with Crippen molar-refractivity contribution in [2.45, 2.75) is 0 Å². The predicted molar refractivity (Wildman–Crippen MR) is 66.2 cm³/mol. The van der Waals surface area contributed by atoms with Crippen LogP contribution in [-0.4, -0.2) is 11.1 Å². The van der Waals surface area contributed by atoms with Crippen LogP contribution in [-0.2, 0) is 0 Å². The van der Waals surface area contributed by atoms with E-state index in [0.717, 1.165) is 0 Å². The highest BCUT2D eigenvalue weighted by molar-refractivity contribution is 5.69. The van der Waals surface area contributed by atoms with E-state index in [1.807, 2.05) is 0 Å². The number of nitro groups is 1. The quantitative estimate of drug-likeness (QED) is 0.366. The van der Waals surface area contributed by atoms with E-state index < -0.39 is 11.1 Å². The highest BCUT2D eigenvalue weighted by Crippen LogP contribution is 2.26. The lowest BCUT2D eigenvalue weighted by Crippen LogP contribution is -2.14. The van der Waals surface area contributed by atoms with E-state index in [1.54, 1.807) is 30.3 Å². The Morgan fingerprint density at radius 2 is 1.58 bits per heavy atom. The first-order valence-electron chi connectivity index (χ1n) is 5.35. The molecule has 2 rings (SSSR count). The Kier molecular flexibility index (Phi) is 3.72. The molecule has 96 valence electrons. The number of hydrogen-bond acceptors (Lipinski definition) is 5. The van der Waals surface area contributed by atoms with E-state index in [2.05, 4.69) is 0 Å². The molecular formula is C13H9NO5. The lowest BCUT2D eigenvalue weighted by atomic mass is 10.3. The molecule has 0 aromatic heterocycles. The van der Waals surface area contributed by atoms with Crippen molar-refractivity contribution >= 4 is 11.8 Å². The molecule has 0 radical (unpaired) electrons. The van der Waals surface area contributed by atoms with Gasteiger partial charge in [-0.25, -0.2) is 4.79 Å². The second-order valence-electron chi connectivity index (χ2n) is 3.49. The Labute approximate surface area is 108 Å². The van der Waals surface area contributed by atoms with E-state index in [1.165, 1.54) is 24.3 Å². The standard InChI is InChI=1S/C13H9NO5/c15-13(18-10-6-2-1-3-7-10)19-12-9-5-4-8-11(12)14(16)17/h1-9H. The van der Waals surface area contributed by atoms with Crippen molar-refractivity contribution in [2.75, 3.05) is 0 Å². The van der Waals surface area contributed by atoms with Crippen LogP contribution in [0.25, 0.3) is 0 Å². The van der Waals surface area contributed by atoms with Gasteiger partial charge in [-0.3, -0.25) is 10.1 Å². The van der Waals surface area contributed by atoms with Crippen molar-refractivity contribution < 1.29 is 19.2 Å². The van der Waals surface area contributed by atoms with Gasteiger partial charge in [0.05, 0.1) is 4.92 Å². The molecule has 0 spiro atoms. The monoisotopic (exact) mass is 259 g/mol. The maximum absolute atomic E-state index is 11.5. The van der Waals surface area contributed by atoms with E-state index >= 15 is 0 Å². The zero-order valence-electron chi connectivity index (χ0n) is 9.68. The molecule has 0 N–H and O–H groups in total. The summed E-state index contributed by atoms with van der Waals surface area (Å²) in [7, 11) is 0. The summed E-state index contributed by atoms with van der Waals surface area (Å²) in [6, 6.07) is 13.9. The van der Waals surface area contributed by atoms with Gasteiger partial charge in [0.2, 0.25) is 5.75 Å². The van der Waals surface area contributed by atoms with Crippen molar-refractivity contribution in [1.29, 1.82) is 0 Å². The van der Waals surface area contributed by atoms with Gasteiger partial charge in [-0.15, -0.1) is 0 Å². The van der Waals surface area contributed by atoms with Crippen LogP contribution in [0.15, 0.2) is 54.6 Å². The van der Waals surface area contributed by atoms with Gasteiger partial charge in [0.15, 0.2) is 0 Å². The molecule has 0 amide bonds. The molecule has 2 aromatic rings. The molecule has 0 unspecified atom stereocenters. The number of carbonyl (C=O) groups is 1. The number of ether oxygens (including phenoxy) is 2. The molecule has 0 aliphatic heterocycles. The van der Waals surface area contributed by atoms with Gasteiger partial charge in [0, 0.05) is 6.07 Å². The molecular weight excluding hydrogens is 250 g/mol. The lowest BCUT2D eigenvalue weighted by Gasteiger charge is -2.05. The maximum atomic E-state index is 11.5. The molecule has 0 heterocycles. The average Bonchev–Trinajstić information content (AvgIpc) is 2.40. The number of nitrogens with zero attached hydrogens (tertiary/aromatic N) is 1. The van der Waals surface area contributed by atoms with Gasteiger partial charge < -0.3 is 9.47 Å². The number of hydrogen-bond donors (Lipinski definition) is 0. The van der Waals surface area contributed by atoms with Crippen molar-refractivity contribution in [2.24, 2.45) is 0 Å². The fourth-order valence-corrected chi connectivity index (χ4v) is 1.39. The summed E-state index contributed by atoms with van der Waals surface area (Å²) in [4.78, 5) is 21.6. The minimum absolute atomic E-state index is 0.159. The van der Waals surface area contributed by atoms with Crippen molar-refractivity contribution in [1.82, 2.24) is 0 Å². The molecule has 19 heavy (non-hydrogen) atoms. The lowest BCUT2D eigenvalue weighted by molar-refractivity contribution is -0.385. The fraction of sp³-hybridized carbons (Fsp3) is 0. The highest BCUT2D eigenvalue weighted by atomic mass is 16.7. The summed E-state index contributed by atoms with van der Waals surface area (Å²) in [5.74, 6) is 0.138. The molecule has 0 atom stereocenters. The van der Waals surface area contributed by atoms with Crippen LogP contribution in [0.2, 0.25) is 0 Å². The van der Waals surface area contributed by atoms with Crippen LogP contribution in [0, 0.1) is 10.1 Å². The number of para-hydroxylation sites is 3. The Bertz CT molecular complexity index is 597. The zero-order chi connectivity index (χ0) is 13.7. The summed E-state index contributed by atoms with van der Waals surface area (Å²) in [5.41, 5.74) is -0.299. The van der Waals surface area contributed by atoms with Crippen LogP contribution in [0.4, 0.5) is 10.5 Å². The number of benzene rings is 2. The van der Waals surface area contributed by atoms with E-state index in [9.17, 15) is 14.9 Å². The average molecular weight is 259 g/mol. The van der Waals surface area contributed by atoms with Crippen LogP contribution in [0.5, 0.6) is 11.5 Å². The van der Waals surface area contributed by atoms with Gasteiger partial charge in [-0.05, 0) is 18.2 Å². The van der Waals surface area contributed by atoms with Crippen LogP contribution in [0.1, 0.15) is 0 Å². The number of rotatable bonds is 3. The first-order chi connectivity index (χ1) is 9.16. The van der Waals surface area contributed by atoms with E-state index in [4.69, 9.17) is 9.47 Å². The molecule has 0 aliphatic carbocycles. The second-order valence-corrected chi connectivity index (χ2v) is 3.49. The molecule has 2 aromatic carbocycles. The van der Waals surface area contributed by atoms with Gasteiger partial charge in [-0.2, -0.15) is 0 Å². The largest absolute Gasteiger partial charge is 0.519 e. The third kappa shape index (κ3) is 3.29. The topological polar surface area (TPSA) is 78.7 Å². The molecule has 0 fully saturated rings. The molecule has 6 heteroatoms. The number of nitro benzene ring substituents is 1. The molecule has 0 bridgehead atoms. The third-order valence-corrected chi connectivity index (χ3v) is 2.20. The Morgan fingerprint density at radius 3 is 2.26 bits per heavy atom. The molecule has 0 saturated heterocycles. The van der Waals surface area contributed by atoms with Crippen LogP contribution in [0.3, 0.4) is 0 Å². The van der Waals surface area contributed by atoms with Gasteiger partial charge in [0.1, 0.15) is 5.75 Å². The Hall–Kier alpha value is -2.89. The minimum Gasteiger partial charge on any atom is -0.395 e. The summed E-state index contributed by atoms with van der Waals surface area (Å²) >= 11 is 0. The fourth-order valence-electron chi connectivity index (χ4n) is 1.39. The Morgan fingerprint density at radius 1 is 0.947 bits per heavy atom. The van der Waals surface area contributed by atoms with Crippen molar-refractivity contribution in [3.8, 4) is 11.5 Å². The summed E-state index contributed by atoms with van der Waals surface area (Å²) in [6.45, 7) is 0. The number of carbonyl (C=O) groups excluding carboxylic acids is 1. The van der Waals surface area contributed by atoms with Crippen molar-refractivity contribution in [3.05, 3.63) is 64.7 Å². The first kappa shape index (κ1) is 12.6. The first-order valence-corrected chi connectivity index (χ1v) is 5.35. The Balaban J connectivity index is 2.09. The minimum atomic E-state index is -1.03. The molecule has 0 saturated carbocycles. The second kappa shape index (κ2) is 5.63. The van der Waals surface area contributed by atoms with Gasteiger partial charge >= 0.3 is 11.8 Å². The smallest absolute Gasteiger partial charge is 0.395 e. The molecule has 0 aliphatic rings. The SMILES string of the molecule is O=C(Oc1ccccc1)Oc1ccccc1[N+](=O)[O-]. The van der Waals surface area contributed by atoms with Crippen LogP contribution >= 0.6 is 0 Å². The summed E-state index contributed by atoms with van der Waals surface area (Å²) in [5, 5.41) is 10.7. The maximum Gasteiger partial charge on any atom is 0.519 e.